The molecule has 0 aliphatic heterocycles. The molecule has 0 bridgehead atoms. The van der Waals surface area contributed by atoms with E-state index in [-0.39, 0.29) is 0 Å². The predicted octanol–water partition coefficient (Wildman–Crippen LogP) is 4.75. The molecule has 2 atom stereocenters. The maximum atomic E-state index is 3.74. The van der Waals surface area contributed by atoms with E-state index in [1.54, 1.807) is 0 Å². The summed E-state index contributed by atoms with van der Waals surface area (Å²) in [6.07, 6.45) is 2.38. The fraction of sp³-hybridized carbons (Fsp3) is 0.333. The molecule has 0 fully saturated rings. The normalized spacial score (nSPS) is 18.2. The highest BCUT2D eigenvalue weighted by molar-refractivity contribution is 9.10. The van der Waals surface area contributed by atoms with Crippen molar-refractivity contribution in [2.24, 2.45) is 0 Å². The lowest BCUT2D eigenvalue weighted by molar-refractivity contribution is 0.451. The molecule has 1 N–H and O–H groups in total. The fourth-order valence-electron chi connectivity index (χ4n) is 3.20. The predicted molar refractivity (Wildman–Crippen MR) is 88.2 cm³/mol. The van der Waals surface area contributed by atoms with Gasteiger partial charge < -0.3 is 5.32 Å². The molecule has 0 radical (unpaired) electrons. The first-order valence-electron chi connectivity index (χ1n) is 7.20. The lowest BCUT2D eigenvalue weighted by atomic mass is 9.74. The number of fused-ring (bicyclic) bond motifs is 1. The van der Waals surface area contributed by atoms with Gasteiger partial charge in [-0.15, -0.1) is 0 Å². The molecule has 0 saturated heterocycles. The first kappa shape index (κ1) is 13.8. The molecular weight excluding hydrogens is 310 g/mol. The van der Waals surface area contributed by atoms with Crippen molar-refractivity contribution in [2.45, 2.75) is 31.7 Å². The van der Waals surface area contributed by atoms with Crippen LogP contribution in [0.1, 0.15) is 40.6 Å². The smallest absolute Gasteiger partial charge is 0.0334 e. The summed E-state index contributed by atoms with van der Waals surface area (Å²) < 4.78 is 1.24. The Morgan fingerprint density at radius 1 is 1.20 bits per heavy atom. The Labute approximate surface area is 129 Å². The zero-order chi connectivity index (χ0) is 14.1. The van der Waals surface area contributed by atoms with Crippen molar-refractivity contribution in [2.75, 3.05) is 7.05 Å². The summed E-state index contributed by atoms with van der Waals surface area (Å²) in [5.41, 5.74) is 5.74. The minimum atomic E-state index is 0.405. The third-order valence-electron chi connectivity index (χ3n) is 4.43. The lowest BCUT2D eigenvalue weighted by Crippen LogP contribution is -2.25. The summed E-state index contributed by atoms with van der Waals surface area (Å²) in [5.74, 6) is 0.691. The molecule has 2 aromatic rings. The topological polar surface area (TPSA) is 12.0 Å². The molecule has 3 rings (SSSR count). The quantitative estimate of drug-likeness (QED) is 0.853. The van der Waals surface area contributed by atoms with Gasteiger partial charge in [0, 0.05) is 10.5 Å². The number of hydrogen-bond donors (Lipinski definition) is 1. The second kappa shape index (κ2) is 5.71. The molecular formula is C18H20BrN. The molecule has 1 nitrogen and oxygen atoms in total. The summed E-state index contributed by atoms with van der Waals surface area (Å²) in [5, 5.41) is 3.49. The highest BCUT2D eigenvalue weighted by Crippen LogP contribution is 2.41. The van der Waals surface area contributed by atoms with Crippen LogP contribution in [0.15, 0.2) is 46.9 Å². The van der Waals surface area contributed by atoms with Crippen molar-refractivity contribution < 1.29 is 0 Å². The highest BCUT2D eigenvalue weighted by Gasteiger charge is 2.28. The van der Waals surface area contributed by atoms with E-state index in [4.69, 9.17) is 0 Å². The van der Waals surface area contributed by atoms with Crippen LogP contribution in [0.4, 0.5) is 0 Å². The summed E-state index contributed by atoms with van der Waals surface area (Å²) in [4.78, 5) is 0. The number of benzene rings is 2. The van der Waals surface area contributed by atoms with Gasteiger partial charge in [0.1, 0.15) is 0 Å². The van der Waals surface area contributed by atoms with Crippen LogP contribution >= 0.6 is 15.9 Å². The van der Waals surface area contributed by atoms with Crippen LogP contribution in [0.3, 0.4) is 0 Å². The van der Waals surface area contributed by atoms with E-state index in [1.165, 1.54) is 33.1 Å². The second-order valence-electron chi connectivity index (χ2n) is 5.65. The maximum absolute atomic E-state index is 3.74. The van der Waals surface area contributed by atoms with Crippen molar-refractivity contribution in [3.8, 4) is 0 Å². The van der Waals surface area contributed by atoms with Gasteiger partial charge in [0.05, 0.1) is 0 Å². The molecule has 0 amide bonds. The van der Waals surface area contributed by atoms with E-state index < -0.39 is 0 Å². The Bertz CT molecular complexity index is 621. The molecule has 2 heteroatoms. The Morgan fingerprint density at radius 2 is 2.00 bits per heavy atom. The number of nitrogens with one attached hydrogen (secondary N) is 1. The SMILES string of the molecule is CNC(CC1Cc2ccccc21)c1cccc(C)c1Br. The van der Waals surface area contributed by atoms with Crippen LogP contribution in [0.5, 0.6) is 0 Å². The minimum Gasteiger partial charge on any atom is -0.313 e. The summed E-state index contributed by atoms with van der Waals surface area (Å²) >= 11 is 3.74. The number of halogens is 1. The molecule has 2 unspecified atom stereocenters. The van der Waals surface area contributed by atoms with Crippen LogP contribution in [-0.2, 0) is 6.42 Å². The van der Waals surface area contributed by atoms with Crippen molar-refractivity contribution >= 4 is 15.9 Å². The van der Waals surface area contributed by atoms with Crippen LogP contribution in [0.25, 0.3) is 0 Å². The minimum absolute atomic E-state index is 0.405. The van der Waals surface area contributed by atoms with Crippen molar-refractivity contribution in [1.82, 2.24) is 5.32 Å². The summed E-state index contributed by atoms with van der Waals surface area (Å²) in [6, 6.07) is 15.8. The van der Waals surface area contributed by atoms with E-state index in [9.17, 15) is 0 Å². The molecule has 20 heavy (non-hydrogen) atoms. The largest absolute Gasteiger partial charge is 0.313 e. The Morgan fingerprint density at radius 3 is 2.75 bits per heavy atom. The van der Waals surface area contributed by atoms with Crippen molar-refractivity contribution in [1.29, 1.82) is 0 Å². The van der Waals surface area contributed by atoms with Gasteiger partial charge in [-0.1, -0.05) is 58.4 Å². The van der Waals surface area contributed by atoms with Crippen LogP contribution in [-0.4, -0.2) is 7.05 Å². The van der Waals surface area contributed by atoms with Gasteiger partial charge in [0.25, 0.3) is 0 Å². The van der Waals surface area contributed by atoms with Gasteiger partial charge in [0.2, 0.25) is 0 Å². The third-order valence-corrected chi connectivity index (χ3v) is 5.51. The van der Waals surface area contributed by atoms with E-state index in [0.717, 1.165) is 6.42 Å². The van der Waals surface area contributed by atoms with Gasteiger partial charge in [-0.3, -0.25) is 0 Å². The molecule has 0 heterocycles. The van der Waals surface area contributed by atoms with E-state index in [1.807, 2.05) is 0 Å². The molecule has 1 aliphatic carbocycles. The molecule has 0 spiro atoms. The average Bonchev–Trinajstić information content (AvgIpc) is 2.44. The third kappa shape index (κ3) is 2.43. The van der Waals surface area contributed by atoms with E-state index in [0.29, 0.717) is 12.0 Å². The molecule has 2 aromatic carbocycles. The van der Waals surface area contributed by atoms with Gasteiger partial charge >= 0.3 is 0 Å². The molecule has 0 saturated carbocycles. The van der Waals surface area contributed by atoms with Crippen LogP contribution in [0.2, 0.25) is 0 Å². The highest BCUT2D eigenvalue weighted by atomic mass is 79.9. The summed E-state index contributed by atoms with van der Waals surface area (Å²) in [6.45, 7) is 2.15. The standard InChI is InChI=1S/C18H20BrN/c1-12-6-5-9-16(18(12)19)17(20-2)11-14-10-13-7-3-4-8-15(13)14/h3-9,14,17,20H,10-11H2,1-2H3. The zero-order valence-electron chi connectivity index (χ0n) is 12.0. The fourth-order valence-corrected chi connectivity index (χ4v) is 3.74. The van der Waals surface area contributed by atoms with Crippen LogP contribution in [0, 0.1) is 6.92 Å². The first-order chi connectivity index (χ1) is 9.70. The number of aryl methyl sites for hydroxylation is 1. The van der Waals surface area contributed by atoms with Crippen molar-refractivity contribution in [3.05, 3.63) is 69.2 Å². The number of rotatable bonds is 4. The average molecular weight is 330 g/mol. The molecule has 104 valence electrons. The molecule has 1 aliphatic rings. The monoisotopic (exact) mass is 329 g/mol. The van der Waals surface area contributed by atoms with Crippen molar-refractivity contribution in [3.63, 3.8) is 0 Å². The zero-order valence-corrected chi connectivity index (χ0v) is 13.6. The Balaban J connectivity index is 1.81. The second-order valence-corrected chi connectivity index (χ2v) is 6.45. The van der Waals surface area contributed by atoms with E-state index >= 15 is 0 Å². The first-order valence-corrected chi connectivity index (χ1v) is 8.00. The van der Waals surface area contributed by atoms with Gasteiger partial charge in [0.15, 0.2) is 0 Å². The van der Waals surface area contributed by atoms with Gasteiger partial charge in [-0.05, 0) is 55.0 Å². The Hall–Kier alpha value is -1.12. The number of hydrogen-bond acceptors (Lipinski definition) is 1. The summed E-state index contributed by atoms with van der Waals surface area (Å²) in [7, 11) is 2.06. The van der Waals surface area contributed by atoms with Crippen LogP contribution < -0.4 is 5.32 Å². The lowest BCUT2D eigenvalue weighted by Gasteiger charge is -2.33. The van der Waals surface area contributed by atoms with Gasteiger partial charge in [-0.2, -0.15) is 0 Å². The van der Waals surface area contributed by atoms with Gasteiger partial charge in [-0.25, -0.2) is 0 Å². The molecule has 0 aromatic heterocycles. The Kier molecular flexibility index (Phi) is 3.95. The maximum Gasteiger partial charge on any atom is 0.0334 e. The van der Waals surface area contributed by atoms with E-state index in [2.05, 4.69) is 77.7 Å².